The molecule has 0 heterocycles. The number of nitrogens with one attached hydrogen (secondary N) is 1. The van der Waals surface area contributed by atoms with Gasteiger partial charge in [0.05, 0.1) is 17.0 Å². The first-order valence-electron chi connectivity index (χ1n) is 7.48. The van der Waals surface area contributed by atoms with E-state index in [4.69, 9.17) is 10.00 Å². The van der Waals surface area contributed by atoms with Crippen LogP contribution >= 0.6 is 11.8 Å². The van der Waals surface area contributed by atoms with Crippen LogP contribution in [0.25, 0.3) is 0 Å². The first-order valence-corrected chi connectivity index (χ1v) is 8.46. The zero-order valence-corrected chi connectivity index (χ0v) is 14.5. The lowest BCUT2D eigenvalue weighted by atomic mass is 10.2. The molecule has 0 fully saturated rings. The Kier molecular flexibility index (Phi) is 6.69. The summed E-state index contributed by atoms with van der Waals surface area (Å²) in [5.41, 5.74) is 0.579. The molecular formula is C18H14F2N2O3S. The van der Waals surface area contributed by atoms with Gasteiger partial charge in [-0.1, -0.05) is 12.1 Å². The Balaban J connectivity index is 1.89. The summed E-state index contributed by atoms with van der Waals surface area (Å²) in [5.74, 6) is -2.92. The van der Waals surface area contributed by atoms with Crippen molar-refractivity contribution in [2.75, 3.05) is 11.1 Å². The van der Waals surface area contributed by atoms with Gasteiger partial charge in [0.25, 0.3) is 5.91 Å². The minimum absolute atomic E-state index is 0.0259. The first-order chi connectivity index (χ1) is 12.4. The Labute approximate surface area is 153 Å². The van der Waals surface area contributed by atoms with E-state index in [2.05, 4.69) is 5.32 Å². The van der Waals surface area contributed by atoms with Crippen LogP contribution in [0.2, 0.25) is 0 Å². The van der Waals surface area contributed by atoms with E-state index in [0.29, 0.717) is 5.69 Å². The number of ether oxygens (including phenoxy) is 1. The Morgan fingerprint density at radius 1 is 1.27 bits per heavy atom. The van der Waals surface area contributed by atoms with Crippen LogP contribution in [-0.2, 0) is 14.3 Å². The Bertz CT molecular complexity index is 868. The average Bonchev–Trinajstić information content (AvgIpc) is 2.62. The maximum absolute atomic E-state index is 13.5. The van der Waals surface area contributed by atoms with E-state index in [0.717, 1.165) is 30.0 Å². The Hall–Kier alpha value is -2.92. The summed E-state index contributed by atoms with van der Waals surface area (Å²) in [6, 6.07) is 11.2. The van der Waals surface area contributed by atoms with E-state index < -0.39 is 29.6 Å². The lowest BCUT2D eigenvalue weighted by Gasteiger charge is -2.14. The van der Waals surface area contributed by atoms with Crippen molar-refractivity contribution in [1.82, 2.24) is 0 Å². The molecular weight excluding hydrogens is 362 g/mol. The van der Waals surface area contributed by atoms with E-state index in [1.54, 1.807) is 18.2 Å². The molecule has 0 saturated carbocycles. The monoisotopic (exact) mass is 376 g/mol. The Morgan fingerprint density at radius 3 is 2.73 bits per heavy atom. The van der Waals surface area contributed by atoms with Crippen LogP contribution in [0.1, 0.15) is 12.5 Å². The van der Waals surface area contributed by atoms with Crippen LogP contribution in [0.5, 0.6) is 0 Å². The number of benzene rings is 2. The molecule has 134 valence electrons. The predicted molar refractivity (Wildman–Crippen MR) is 92.4 cm³/mol. The number of nitriles is 1. The first kappa shape index (κ1) is 19.4. The van der Waals surface area contributed by atoms with Gasteiger partial charge < -0.3 is 10.1 Å². The summed E-state index contributed by atoms with van der Waals surface area (Å²) >= 11 is 0.769. The Morgan fingerprint density at radius 2 is 2.00 bits per heavy atom. The standard InChI is InChI=1S/C18H14F2N2O3S/c1-11(18(24)22-15-5-3-2-4-12(15)9-21)25-17(23)10-26-16-8-13(19)6-7-14(16)20/h2-8,11H,10H2,1H3,(H,22,24)/t11-/m1/s1. The third-order valence-electron chi connectivity index (χ3n) is 3.22. The molecule has 2 rings (SSSR count). The van der Waals surface area contributed by atoms with E-state index in [-0.39, 0.29) is 16.2 Å². The topological polar surface area (TPSA) is 79.2 Å². The normalized spacial score (nSPS) is 11.3. The van der Waals surface area contributed by atoms with Crippen molar-refractivity contribution < 1.29 is 23.1 Å². The minimum Gasteiger partial charge on any atom is -0.452 e. The van der Waals surface area contributed by atoms with E-state index >= 15 is 0 Å². The van der Waals surface area contributed by atoms with Gasteiger partial charge in [0.1, 0.15) is 17.7 Å². The van der Waals surface area contributed by atoms with Gasteiger partial charge in [-0.15, -0.1) is 11.8 Å². The fourth-order valence-corrected chi connectivity index (χ4v) is 2.68. The largest absolute Gasteiger partial charge is 0.452 e. The van der Waals surface area contributed by atoms with Crippen LogP contribution in [0, 0.1) is 23.0 Å². The maximum Gasteiger partial charge on any atom is 0.317 e. The highest BCUT2D eigenvalue weighted by Crippen LogP contribution is 2.23. The van der Waals surface area contributed by atoms with Gasteiger partial charge in [-0.3, -0.25) is 9.59 Å². The lowest BCUT2D eigenvalue weighted by molar-refractivity contribution is -0.150. The zero-order chi connectivity index (χ0) is 19.1. The number of rotatable bonds is 6. The molecule has 1 N–H and O–H groups in total. The molecule has 0 bridgehead atoms. The highest BCUT2D eigenvalue weighted by Gasteiger charge is 2.19. The number of hydrogen-bond acceptors (Lipinski definition) is 5. The molecule has 0 aliphatic heterocycles. The molecule has 0 aliphatic rings. The van der Waals surface area contributed by atoms with Gasteiger partial charge in [-0.2, -0.15) is 5.26 Å². The highest BCUT2D eigenvalue weighted by molar-refractivity contribution is 8.00. The number of amides is 1. The molecule has 0 spiro atoms. The molecule has 5 nitrogen and oxygen atoms in total. The van der Waals surface area contributed by atoms with Crippen molar-refractivity contribution in [2.45, 2.75) is 17.9 Å². The number of nitrogens with zero attached hydrogens (tertiary/aromatic N) is 1. The molecule has 0 aliphatic carbocycles. The lowest BCUT2D eigenvalue weighted by Crippen LogP contribution is -2.30. The quantitative estimate of drug-likeness (QED) is 0.617. The summed E-state index contributed by atoms with van der Waals surface area (Å²) in [4.78, 5) is 23.9. The number of thioether (sulfide) groups is 1. The van der Waals surface area contributed by atoms with Crippen molar-refractivity contribution in [3.63, 3.8) is 0 Å². The van der Waals surface area contributed by atoms with Crippen LogP contribution in [0.4, 0.5) is 14.5 Å². The van der Waals surface area contributed by atoms with Crippen molar-refractivity contribution >= 4 is 29.3 Å². The fraction of sp³-hybridized carbons (Fsp3) is 0.167. The number of halogens is 2. The second kappa shape index (κ2) is 8.97. The number of carbonyl (C=O) groups is 2. The van der Waals surface area contributed by atoms with Crippen LogP contribution in [-0.4, -0.2) is 23.7 Å². The molecule has 2 aromatic rings. The molecule has 1 amide bonds. The zero-order valence-electron chi connectivity index (χ0n) is 13.7. The summed E-state index contributed by atoms with van der Waals surface area (Å²) in [6.07, 6.45) is -1.12. The maximum atomic E-state index is 13.5. The molecule has 0 unspecified atom stereocenters. The number of esters is 1. The second-order valence-corrected chi connectivity index (χ2v) is 6.16. The summed E-state index contributed by atoms with van der Waals surface area (Å²) < 4.78 is 31.6. The second-order valence-electron chi connectivity index (χ2n) is 5.14. The highest BCUT2D eigenvalue weighted by atomic mass is 32.2. The number of hydrogen-bond donors (Lipinski definition) is 1. The SMILES string of the molecule is C[C@@H](OC(=O)CSc1cc(F)ccc1F)C(=O)Nc1ccccc1C#N. The number of carbonyl (C=O) groups excluding carboxylic acids is 2. The minimum atomic E-state index is -1.12. The van der Waals surface area contributed by atoms with Crippen LogP contribution in [0.3, 0.4) is 0 Å². The van der Waals surface area contributed by atoms with E-state index in [1.807, 2.05) is 6.07 Å². The summed E-state index contributed by atoms with van der Waals surface area (Å²) in [5, 5.41) is 11.5. The van der Waals surface area contributed by atoms with Crippen molar-refractivity contribution in [3.8, 4) is 6.07 Å². The number of anilines is 1. The van der Waals surface area contributed by atoms with Gasteiger partial charge in [0.2, 0.25) is 0 Å². The molecule has 26 heavy (non-hydrogen) atoms. The summed E-state index contributed by atoms with van der Waals surface area (Å²) in [6.45, 7) is 1.37. The number of para-hydroxylation sites is 1. The van der Waals surface area contributed by atoms with Crippen LogP contribution in [0.15, 0.2) is 47.4 Å². The molecule has 8 heteroatoms. The van der Waals surface area contributed by atoms with Crippen molar-refractivity contribution in [2.24, 2.45) is 0 Å². The van der Waals surface area contributed by atoms with Gasteiger partial charge in [-0.25, -0.2) is 8.78 Å². The van der Waals surface area contributed by atoms with E-state index in [9.17, 15) is 18.4 Å². The van der Waals surface area contributed by atoms with Crippen LogP contribution < -0.4 is 5.32 Å². The smallest absolute Gasteiger partial charge is 0.317 e. The van der Waals surface area contributed by atoms with E-state index in [1.165, 1.54) is 13.0 Å². The van der Waals surface area contributed by atoms with Gasteiger partial charge in [-0.05, 0) is 37.3 Å². The van der Waals surface area contributed by atoms with Crippen molar-refractivity contribution in [1.29, 1.82) is 5.26 Å². The molecule has 2 aromatic carbocycles. The summed E-state index contributed by atoms with van der Waals surface area (Å²) in [7, 11) is 0. The third-order valence-corrected chi connectivity index (χ3v) is 4.23. The predicted octanol–water partition coefficient (Wildman–Crippen LogP) is 3.50. The average molecular weight is 376 g/mol. The fourth-order valence-electron chi connectivity index (χ4n) is 1.93. The van der Waals surface area contributed by atoms with Gasteiger partial charge >= 0.3 is 5.97 Å². The molecule has 1 atom stereocenters. The molecule has 0 radical (unpaired) electrons. The van der Waals surface area contributed by atoms with Crippen molar-refractivity contribution in [3.05, 3.63) is 59.7 Å². The molecule has 0 aromatic heterocycles. The third kappa shape index (κ3) is 5.29. The van der Waals surface area contributed by atoms with Gasteiger partial charge in [0.15, 0.2) is 6.10 Å². The molecule has 0 saturated heterocycles. The van der Waals surface area contributed by atoms with Gasteiger partial charge in [0, 0.05) is 4.90 Å².